The number of aromatic nitrogens is 1. The minimum atomic E-state index is -0.457. The van der Waals surface area contributed by atoms with Crippen LogP contribution < -0.4 is 10.1 Å². The van der Waals surface area contributed by atoms with Gasteiger partial charge < -0.3 is 15.0 Å². The molecule has 1 aliphatic rings. The molecule has 0 bridgehead atoms. The molecule has 0 saturated carbocycles. The normalized spacial score (nSPS) is 15.5. The van der Waals surface area contributed by atoms with E-state index in [1.54, 1.807) is 48.5 Å². The standard InChI is InChI=1S/C21H17Cl2N3O2/c1-28-15-7-4-13(5-8-15)12-26-20(19-16(21(26)27)3-2-10-24-19)25-18-11-14(22)6-9-17(18)23/h2-11,20,25H,12H2,1H3/t20-/m0/s1. The molecule has 1 aliphatic heterocycles. The van der Waals surface area contributed by atoms with Crippen molar-refractivity contribution in [1.29, 1.82) is 0 Å². The Morgan fingerprint density at radius 1 is 1.14 bits per heavy atom. The minimum Gasteiger partial charge on any atom is -0.497 e. The number of amides is 1. The van der Waals surface area contributed by atoms with E-state index in [0.717, 1.165) is 11.3 Å². The van der Waals surface area contributed by atoms with E-state index in [1.807, 2.05) is 24.3 Å². The highest BCUT2D eigenvalue weighted by Gasteiger charge is 2.38. The van der Waals surface area contributed by atoms with Crippen LogP contribution in [0, 0.1) is 0 Å². The maximum absolute atomic E-state index is 13.0. The molecule has 1 N–H and O–H groups in total. The highest BCUT2D eigenvalue weighted by Crippen LogP contribution is 2.36. The lowest BCUT2D eigenvalue weighted by molar-refractivity contribution is 0.0728. The Balaban J connectivity index is 1.68. The first-order valence-electron chi connectivity index (χ1n) is 8.67. The van der Waals surface area contributed by atoms with Gasteiger partial charge in [0.05, 0.1) is 29.1 Å². The molecule has 1 aromatic heterocycles. The zero-order chi connectivity index (χ0) is 19.7. The molecule has 0 radical (unpaired) electrons. The first-order chi connectivity index (χ1) is 13.6. The molecule has 2 heterocycles. The third-order valence-electron chi connectivity index (χ3n) is 4.63. The molecule has 142 valence electrons. The summed E-state index contributed by atoms with van der Waals surface area (Å²) in [5.74, 6) is 0.677. The maximum Gasteiger partial charge on any atom is 0.258 e. The van der Waals surface area contributed by atoms with E-state index < -0.39 is 6.17 Å². The second-order valence-corrected chi connectivity index (χ2v) is 7.23. The summed E-state index contributed by atoms with van der Waals surface area (Å²) in [5.41, 5.74) is 2.86. The van der Waals surface area contributed by atoms with Crippen molar-refractivity contribution in [2.75, 3.05) is 12.4 Å². The smallest absolute Gasteiger partial charge is 0.258 e. The van der Waals surface area contributed by atoms with Crippen LogP contribution >= 0.6 is 23.2 Å². The largest absolute Gasteiger partial charge is 0.497 e. The summed E-state index contributed by atoms with van der Waals surface area (Å²) >= 11 is 12.4. The zero-order valence-electron chi connectivity index (χ0n) is 15.0. The first-order valence-corrected chi connectivity index (χ1v) is 9.43. The van der Waals surface area contributed by atoms with Gasteiger partial charge in [0.25, 0.3) is 5.91 Å². The molecule has 4 rings (SSSR count). The maximum atomic E-state index is 13.0. The van der Waals surface area contributed by atoms with Crippen LogP contribution in [0.5, 0.6) is 5.75 Å². The number of benzene rings is 2. The van der Waals surface area contributed by atoms with Crippen LogP contribution in [-0.4, -0.2) is 22.9 Å². The lowest BCUT2D eigenvalue weighted by Gasteiger charge is -2.27. The Labute approximate surface area is 172 Å². The molecule has 3 aromatic rings. The fraction of sp³-hybridized carbons (Fsp3) is 0.143. The third kappa shape index (κ3) is 3.51. The number of rotatable bonds is 5. The number of methoxy groups -OCH3 is 1. The second kappa shape index (κ2) is 7.70. The van der Waals surface area contributed by atoms with Gasteiger partial charge in [-0.1, -0.05) is 35.3 Å². The van der Waals surface area contributed by atoms with Crippen LogP contribution in [0.25, 0.3) is 0 Å². The van der Waals surface area contributed by atoms with Crippen LogP contribution in [0.4, 0.5) is 5.69 Å². The van der Waals surface area contributed by atoms with Crippen molar-refractivity contribution < 1.29 is 9.53 Å². The molecule has 0 fully saturated rings. The van der Waals surface area contributed by atoms with E-state index >= 15 is 0 Å². The lowest BCUT2D eigenvalue weighted by Crippen LogP contribution is -2.32. The van der Waals surface area contributed by atoms with Crippen molar-refractivity contribution in [1.82, 2.24) is 9.88 Å². The SMILES string of the molecule is COc1ccc(CN2C(=O)c3cccnc3[C@H]2Nc2cc(Cl)ccc2Cl)cc1. The van der Waals surface area contributed by atoms with E-state index in [1.165, 1.54) is 0 Å². The number of hydrogen-bond donors (Lipinski definition) is 1. The monoisotopic (exact) mass is 413 g/mol. The van der Waals surface area contributed by atoms with E-state index in [0.29, 0.717) is 33.5 Å². The molecule has 5 nitrogen and oxygen atoms in total. The van der Waals surface area contributed by atoms with Gasteiger partial charge in [-0.15, -0.1) is 0 Å². The molecule has 28 heavy (non-hydrogen) atoms. The van der Waals surface area contributed by atoms with Crippen molar-refractivity contribution in [2.24, 2.45) is 0 Å². The van der Waals surface area contributed by atoms with Crippen molar-refractivity contribution in [2.45, 2.75) is 12.7 Å². The Bertz CT molecular complexity index is 1020. The summed E-state index contributed by atoms with van der Waals surface area (Å²) in [6, 6.07) is 16.3. The Morgan fingerprint density at radius 3 is 2.68 bits per heavy atom. The quantitative estimate of drug-likeness (QED) is 0.627. The number of anilines is 1. The Kier molecular flexibility index (Phi) is 5.11. The van der Waals surface area contributed by atoms with Gasteiger partial charge in [-0.25, -0.2) is 0 Å². The number of carbonyl (C=O) groups excluding carboxylic acids is 1. The number of nitrogens with zero attached hydrogens (tertiary/aromatic N) is 2. The first kappa shape index (κ1) is 18.6. The highest BCUT2D eigenvalue weighted by molar-refractivity contribution is 6.35. The zero-order valence-corrected chi connectivity index (χ0v) is 16.5. The van der Waals surface area contributed by atoms with Gasteiger partial charge in [0, 0.05) is 17.8 Å². The number of ether oxygens (including phenoxy) is 1. The summed E-state index contributed by atoms with van der Waals surface area (Å²) in [6.45, 7) is 0.412. The number of halogens is 2. The molecule has 0 saturated heterocycles. The molecular weight excluding hydrogens is 397 g/mol. The van der Waals surface area contributed by atoms with E-state index in [-0.39, 0.29) is 5.91 Å². The topological polar surface area (TPSA) is 54.5 Å². The fourth-order valence-corrected chi connectivity index (χ4v) is 3.57. The number of hydrogen-bond acceptors (Lipinski definition) is 4. The number of nitrogens with one attached hydrogen (secondary N) is 1. The van der Waals surface area contributed by atoms with Gasteiger partial charge >= 0.3 is 0 Å². The van der Waals surface area contributed by atoms with Gasteiger partial charge in [-0.3, -0.25) is 9.78 Å². The van der Waals surface area contributed by atoms with Crippen LogP contribution in [0.2, 0.25) is 10.0 Å². The van der Waals surface area contributed by atoms with Gasteiger partial charge in [-0.05, 0) is 48.0 Å². The molecule has 7 heteroatoms. The number of fused-ring (bicyclic) bond motifs is 1. The number of pyridine rings is 1. The van der Waals surface area contributed by atoms with Crippen LogP contribution in [-0.2, 0) is 6.54 Å². The second-order valence-electron chi connectivity index (χ2n) is 6.39. The average molecular weight is 414 g/mol. The Hall–Kier alpha value is -2.76. The molecule has 1 atom stereocenters. The van der Waals surface area contributed by atoms with Crippen LogP contribution in [0.1, 0.15) is 27.8 Å². The van der Waals surface area contributed by atoms with Gasteiger partial charge in [-0.2, -0.15) is 0 Å². The van der Waals surface area contributed by atoms with Crippen LogP contribution in [0.3, 0.4) is 0 Å². The predicted octanol–water partition coefficient (Wildman–Crippen LogP) is 5.16. The summed E-state index contributed by atoms with van der Waals surface area (Å²) in [7, 11) is 1.62. The van der Waals surface area contributed by atoms with E-state index in [9.17, 15) is 4.79 Å². The highest BCUT2D eigenvalue weighted by atomic mass is 35.5. The molecule has 0 unspecified atom stereocenters. The predicted molar refractivity (Wildman–Crippen MR) is 110 cm³/mol. The van der Waals surface area contributed by atoms with Gasteiger partial charge in [0.1, 0.15) is 11.9 Å². The van der Waals surface area contributed by atoms with Gasteiger partial charge in [0.15, 0.2) is 0 Å². The van der Waals surface area contributed by atoms with Crippen molar-refractivity contribution >= 4 is 34.8 Å². The van der Waals surface area contributed by atoms with Crippen molar-refractivity contribution in [3.8, 4) is 5.75 Å². The van der Waals surface area contributed by atoms with E-state index in [4.69, 9.17) is 27.9 Å². The molecule has 0 spiro atoms. The van der Waals surface area contributed by atoms with Crippen LogP contribution in [0.15, 0.2) is 60.8 Å². The number of carbonyl (C=O) groups is 1. The lowest BCUT2D eigenvalue weighted by atomic mass is 10.2. The molecular formula is C21H17Cl2N3O2. The average Bonchev–Trinajstić information content (AvgIpc) is 2.97. The summed E-state index contributed by atoms with van der Waals surface area (Å²) in [4.78, 5) is 19.2. The summed E-state index contributed by atoms with van der Waals surface area (Å²) < 4.78 is 5.21. The molecule has 2 aromatic carbocycles. The minimum absolute atomic E-state index is 0.0884. The summed E-state index contributed by atoms with van der Waals surface area (Å²) in [5, 5.41) is 4.40. The molecule has 1 amide bonds. The third-order valence-corrected chi connectivity index (χ3v) is 5.20. The van der Waals surface area contributed by atoms with Gasteiger partial charge in [0.2, 0.25) is 0 Å². The van der Waals surface area contributed by atoms with Crippen molar-refractivity contribution in [3.05, 3.63) is 87.7 Å². The molecule has 0 aliphatic carbocycles. The fourth-order valence-electron chi connectivity index (χ4n) is 3.23. The Morgan fingerprint density at radius 2 is 1.93 bits per heavy atom. The summed E-state index contributed by atoms with van der Waals surface area (Å²) in [6.07, 6.45) is 1.22. The van der Waals surface area contributed by atoms with E-state index in [2.05, 4.69) is 10.3 Å². The van der Waals surface area contributed by atoms with Crippen molar-refractivity contribution in [3.63, 3.8) is 0 Å².